The van der Waals surface area contributed by atoms with Gasteiger partial charge in [-0.15, -0.1) is 5.10 Å². The number of anilines is 1. The van der Waals surface area contributed by atoms with Crippen molar-refractivity contribution in [2.75, 3.05) is 25.4 Å². The Bertz CT molecular complexity index is 1140. The second-order valence-electron chi connectivity index (χ2n) is 9.07. The van der Waals surface area contributed by atoms with E-state index in [9.17, 15) is 9.18 Å². The van der Waals surface area contributed by atoms with Gasteiger partial charge in [-0.3, -0.25) is 0 Å². The molecule has 0 bridgehead atoms. The molecule has 8 nitrogen and oxygen atoms in total. The molecule has 0 spiro atoms. The van der Waals surface area contributed by atoms with Crippen LogP contribution in [-0.2, 0) is 4.74 Å². The Labute approximate surface area is 199 Å². The lowest BCUT2D eigenvalue weighted by Crippen LogP contribution is -2.39. The summed E-state index contributed by atoms with van der Waals surface area (Å²) >= 11 is 0. The number of hydrogen-bond donors (Lipinski definition) is 1. The Hall–Kier alpha value is -3.49. The zero-order valence-electron chi connectivity index (χ0n) is 20.6. The molecule has 3 rings (SSSR count). The Morgan fingerprint density at radius 3 is 2.62 bits per heavy atom. The monoisotopic (exact) mass is 469 g/mol. The third-order valence-electron chi connectivity index (χ3n) is 5.23. The molecule has 34 heavy (non-hydrogen) atoms. The third kappa shape index (κ3) is 5.89. The van der Waals surface area contributed by atoms with Gasteiger partial charge in [0, 0.05) is 30.4 Å². The van der Waals surface area contributed by atoms with Gasteiger partial charge in [-0.25, -0.2) is 14.2 Å². The van der Waals surface area contributed by atoms with Crippen molar-refractivity contribution < 1.29 is 18.7 Å². The van der Waals surface area contributed by atoms with Gasteiger partial charge in [-0.2, -0.15) is 5.10 Å². The first-order valence-corrected chi connectivity index (χ1v) is 11.3. The van der Waals surface area contributed by atoms with E-state index in [0.717, 1.165) is 5.57 Å². The summed E-state index contributed by atoms with van der Waals surface area (Å²) in [6.45, 7) is 12.2. The Morgan fingerprint density at radius 2 is 2.03 bits per heavy atom. The summed E-state index contributed by atoms with van der Waals surface area (Å²) in [7, 11) is 0. The predicted molar refractivity (Wildman–Crippen MR) is 131 cm³/mol. The number of halogens is 1. The molecule has 0 unspecified atom stereocenters. The highest BCUT2D eigenvalue weighted by atomic mass is 19.1. The minimum atomic E-state index is -0.553. The number of aromatic nitrogens is 2. The standard InChI is InChI=1S/C25H32FN5O3/c1-7-33-18-8-9-20(19(26)14-18)28-15(2)21-16(3)29-30-23(22(21)27)17-10-12-31(13-11-17)24(32)34-25(4,5)6/h8-10,14H,7,11-13H2,1-6H3,(H2,27,29). The molecule has 2 heterocycles. The molecule has 0 saturated carbocycles. The summed E-state index contributed by atoms with van der Waals surface area (Å²) in [4.78, 5) is 18.4. The average Bonchev–Trinajstić information content (AvgIpc) is 2.75. The van der Waals surface area contributed by atoms with E-state index in [0.29, 0.717) is 60.2 Å². The van der Waals surface area contributed by atoms with Gasteiger partial charge < -0.3 is 20.1 Å². The average molecular weight is 470 g/mol. The molecule has 1 aromatic heterocycles. The van der Waals surface area contributed by atoms with Gasteiger partial charge in [0.15, 0.2) is 5.82 Å². The molecule has 1 amide bonds. The molecule has 0 radical (unpaired) electrons. The topological polar surface area (TPSA) is 103 Å². The summed E-state index contributed by atoms with van der Waals surface area (Å²) in [5, 5.41) is 8.58. The highest BCUT2D eigenvalue weighted by Crippen LogP contribution is 2.30. The van der Waals surface area contributed by atoms with Gasteiger partial charge in [0.1, 0.15) is 17.0 Å². The van der Waals surface area contributed by atoms with E-state index < -0.39 is 11.4 Å². The number of carbonyl (C=O) groups excluding carboxylic acids is 1. The van der Waals surface area contributed by atoms with Crippen LogP contribution in [0.2, 0.25) is 0 Å². The molecule has 0 saturated heterocycles. The van der Waals surface area contributed by atoms with Crippen LogP contribution in [-0.4, -0.2) is 52.2 Å². The Morgan fingerprint density at radius 1 is 1.29 bits per heavy atom. The number of amides is 1. The Balaban J connectivity index is 1.87. The molecule has 2 aromatic rings. The number of nitrogen functional groups attached to an aromatic ring is 1. The van der Waals surface area contributed by atoms with E-state index in [1.807, 2.05) is 33.8 Å². The molecule has 2 N–H and O–H groups in total. The molecule has 1 aliphatic rings. The summed E-state index contributed by atoms with van der Waals surface area (Å²) in [6.07, 6.45) is 2.11. The first-order valence-electron chi connectivity index (χ1n) is 11.3. The van der Waals surface area contributed by atoms with Crippen LogP contribution in [0.1, 0.15) is 58.0 Å². The normalized spacial score (nSPS) is 14.6. The number of aliphatic imine (C=N–C) groups is 1. The molecule has 0 aliphatic carbocycles. The summed E-state index contributed by atoms with van der Waals surface area (Å²) in [6, 6.07) is 4.56. The van der Waals surface area contributed by atoms with Crippen LogP contribution in [0.15, 0.2) is 29.3 Å². The van der Waals surface area contributed by atoms with Crippen LogP contribution in [0.5, 0.6) is 5.75 Å². The van der Waals surface area contributed by atoms with Crippen molar-refractivity contribution >= 4 is 28.8 Å². The van der Waals surface area contributed by atoms with Crippen molar-refractivity contribution in [3.63, 3.8) is 0 Å². The third-order valence-corrected chi connectivity index (χ3v) is 5.23. The maximum absolute atomic E-state index is 14.5. The largest absolute Gasteiger partial charge is 0.494 e. The van der Waals surface area contributed by atoms with E-state index in [1.54, 1.807) is 30.9 Å². The lowest BCUT2D eigenvalue weighted by atomic mass is 9.99. The number of hydrogen-bond acceptors (Lipinski definition) is 7. The smallest absolute Gasteiger partial charge is 0.410 e. The number of rotatable bonds is 5. The fourth-order valence-corrected chi connectivity index (χ4v) is 3.68. The predicted octanol–water partition coefficient (Wildman–Crippen LogP) is 5.07. The van der Waals surface area contributed by atoms with Crippen molar-refractivity contribution in [1.82, 2.24) is 15.1 Å². The molecular weight excluding hydrogens is 437 g/mol. The van der Waals surface area contributed by atoms with Crippen LogP contribution in [0, 0.1) is 12.7 Å². The van der Waals surface area contributed by atoms with Crippen LogP contribution < -0.4 is 10.5 Å². The van der Waals surface area contributed by atoms with Crippen molar-refractivity contribution in [3.8, 4) is 5.75 Å². The SMILES string of the molecule is CCOc1ccc(N=C(C)c2c(C)nnc(C3=CCN(C(=O)OC(C)(C)C)CC3)c2N)c(F)c1. The fourth-order valence-electron chi connectivity index (χ4n) is 3.68. The van der Waals surface area contributed by atoms with Crippen LogP contribution in [0.4, 0.5) is 20.6 Å². The van der Waals surface area contributed by atoms with Gasteiger partial charge in [0.25, 0.3) is 0 Å². The van der Waals surface area contributed by atoms with Gasteiger partial charge >= 0.3 is 6.09 Å². The Kier molecular flexibility index (Phi) is 7.54. The number of carbonyl (C=O) groups is 1. The van der Waals surface area contributed by atoms with Crippen LogP contribution >= 0.6 is 0 Å². The molecule has 182 valence electrons. The molecule has 1 aromatic carbocycles. The van der Waals surface area contributed by atoms with Crippen molar-refractivity contribution in [1.29, 1.82) is 0 Å². The van der Waals surface area contributed by atoms with Crippen molar-refractivity contribution in [2.45, 2.75) is 53.6 Å². The van der Waals surface area contributed by atoms with Crippen molar-refractivity contribution in [2.24, 2.45) is 4.99 Å². The zero-order valence-corrected chi connectivity index (χ0v) is 20.6. The maximum atomic E-state index is 14.5. The first kappa shape index (κ1) is 25.1. The highest BCUT2D eigenvalue weighted by Gasteiger charge is 2.26. The van der Waals surface area contributed by atoms with Gasteiger partial charge in [-0.05, 0) is 65.7 Å². The van der Waals surface area contributed by atoms with Crippen LogP contribution in [0.3, 0.4) is 0 Å². The number of nitrogens with zero attached hydrogens (tertiary/aromatic N) is 4. The molecule has 0 fully saturated rings. The molecule has 9 heteroatoms. The molecule has 1 aliphatic heterocycles. The summed E-state index contributed by atoms with van der Waals surface area (Å²) in [5.41, 5.74) is 9.75. The van der Waals surface area contributed by atoms with Gasteiger partial charge in [0.2, 0.25) is 0 Å². The quantitative estimate of drug-likeness (QED) is 0.613. The summed E-state index contributed by atoms with van der Waals surface area (Å²) < 4.78 is 25.3. The second-order valence-corrected chi connectivity index (χ2v) is 9.07. The van der Waals surface area contributed by atoms with Gasteiger partial charge in [0.05, 0.1) is 23.7 Å². The van der Waals surface area contributed by atoms with E-state index in [-0.39, 0.29) is 11.8 Å². The van der Waals surface area contributed by atoms with E-state index in [2.05, 4.69) is 15.2 Å². The first-order chi connectivity index (χ1) is 16.0. The number of benzene rings is 1. The molecular formula is C25H32FN5O3. The minimum absolute atomic E-state index is 0.183. The van der Waals surface area contributed by atoms with E-state index in [4.69, 9.17) is 15.2 Å². The maximum Gasteiger partial charge on any atom is 0.410 e. The summed E-state index contributed by atoms with van der Waals surface area (Å²) in [5.74, 6) is -0.0363. The number of nitrogens with two attached hydrogens (primary N) is 1. The lowest BCUT2D eigenvalue weighted by molar-refractivity contribution is 0.0270. The molecule has 0 atom stereocenters. The van der Waals surface area contributed by atoms with Gasteiger partial charge in [-0.1, -0.05) is 6.08 Å². The number of aryl methyl sites for hydroxylation is 1. The number of ether oxygens (including phenoxy) is 2. The highest BCUT2D eigenvalue weighted by molar-refractivity contribution is 6.06. The minimum Gasteiger partial charge on any atom is -0.494 e. The second kappa shape index (κ2) is 10.2. The van der Waals surface area contributed by atoms with Crippen LogP contribution in [0.25, 0.3) is 5.57 Å². The van der Waals surface area contributed by atoms with E-state index in [1.165, 1.54) is 6.07 Å². The lowest BCUT2D eigenvalue weighted by Gasteiger charge is -2.29. The fraction of sp³-hybridized carbons (Fsp3) is 0.440. The van der Waals surface area contributed by atoms with Crippen molar-refractivity contribution in [3.05, 3.63) is 47.0 Å². The van der Waals surface area contributed by atoms with E-state index >= 15 is 0 Å². The zero-order chi connectivity index (χ0) is 25.0.